The van der Waals surface area contributed by atoms with Gasteiger partial charge in [-0.25, -0.2) is 0 Å². The van der Waals surface area contributed by atoms with Crippen molar-refractivity contribution in [3.8, 4) is 0 Å². The molecule has 0 amide bonds. The lowest BCUT2D eigenvalue weighted by Gasteiger charge is -2.05. The molecule has 0 saturated carbocycles. The molecule has 0 saturated heterocycles. The SMILES string of the molecule is C=C(Cl)c1ccc(I)c(I)c1I. The van der Waals surface area contributed by atoms with Crippen LogP contribution in [0.2, 0.25) is 0 Å². The summed E-state index contributed by atoms with van der Waals surface area (Å²) in [6.45, 7) is 3.71. The largest absolute Gasteiger partial charge is 0.0843 e. The van der Waals surface area contributed by atoms with Crippen LogP contribution in [-0.4, -0.2) is 0 Å². The van der Waals surface area contributed by atoms with Gasteiger partial charge in [-0.2, -0.15) is 0 Å². The zero-order valence-corrected chi connectivity index (χ0v) is 13.1. The van der Waals surface area contributed by atoms with Crippen molar-refractivity contribution >= 4 is 84.4 Å². The van der Waals surface area contributed by atoms with Gasteiger partial charge in [-0.15, -0.1) is 0 Å². The first kappa shape index (κ1) is 11.5. The van der Waals surface area contributed by atoms with E-state index in [0.717, 1.165) is 5.56 Å². The summed E-state index contributed by atoms with van der Waals surface area (Å²) in [7, 11) is 0. The highest BCUT2D eigenvalue weighted by Gasteiger charge is 2.07. The lowest BCUT2D eigenvalue weighted by Crippen LogP contribution is -1.90. The number of halogens is 4. The Labute approximate surface area is 118 Å². The second kappa shape index (κ2) is 4.79. The molecule has 0 aliphatic heterocycles. The van der Waals surface area contributed by atoms with Crippen molar-refractivity contribution in [3.05, 3.63) is 35.0 Å². The van der Waals surface area contributed by atoms with E-state index >= 15 is 0 Å². The molecule has 0 N–H and O–H groups in total. The molecule has 0 aromatic heterocycles. The molecule has 1 aromatic rings. The number of hydrogen-bond donors (Lipinski definition) is 0. The van der Waals surface area contributed by atoms with E-state index in [-0.39, 0.29) is 0 Å². The Bertz CT molecular complexity index is 333. The maximum Gasteiger partial charge on any atom is 0.0417 e. The molecule has 64 valence electrons. The third-order valence-corrected chi connectivity index (χ3v) is 6.74. The first-order valence-electron chi connectivity index (χ1n) is 3.02. The topological polar surface area (TPSA) is 0 Å². The van der Waals surface area contributed by atoms with Gasteiger partial charge in [0.25, 0.3) is 0 Å². The highest BCUT2D eigenvalue weighted by Crippen LogP contribution is 2.29. The van der Waals surface area contributed by atoms with Gasteiger partial charge in [-0.3, -0.25) is 0 Å². The molecule has 0 heterocycles. The van der Waals surface area contributed by atoms with E-state index in [4.69, 9.17) is 11.6 Å². The molecule has 12 heavy (non-hydrogen) atoms. The zero-order chi connectivity index (χ0) is 9.30. The van der Waals surface area contributed by atoms with Gasteiger partial charge in [0.2, 0.25) is 0 Å². The summed E-state index contributed by atoms with van der Waals surface area (Å²) in [5.41, 5.74) is 1.03. The molecule has 4 heteroatoms. The zero-order valence-electron chi connectivity index (χ0n) is 5.87. The smallest absolute Gasteiger partial charge is 0.0417 e. The van der Waals surface area contributed by atoms with Crippen molar-refractivity contribution in [2.45, 2.75) is 0 Å². The Morgan fingerprint density at radius 3 is 2.25 bits per heavy atom. The molecule has 0 atom stereocenters. The van der Waals surface area contributed by atoms with Crippen LogP contribution < -0.4 is 0 Å². The molecule has 1 aromatic carbocycles. The first-order valence-corrected chi connectivity index (χ1v) is 6.63. The average Bonchev–Trinajstić information content (AvgIpc) is 2.00. The van der Waals surface area contributed by atoms with Gasteiger partial charge in [0.05, 0.1) is 0 Å². The van der Waals surface area contributed by atoms with Crippen LogP contribution in [0.4, 0.5) is 0 Å². The minimum Gasteiger partial charge on any atom is -0.0843 e. The number of hydrogen-bond acceptors (Lipinski definition) is 0. The second-order valence-corrected chi connectivity index (χ2v) is 5.90. The Balaban J connectivity index is 3.36. The third-order valence-electron chi connectivity index (χ3n) is 1.33. The van der Waals surface area contributed by atoms with Crippen molar-refractivity contribution in [3.63, 3.8) is 0 Å². The monoisotopic (exact) mass is 516 g/mol. The van der Waals surface area contributed by atoms with Crippen LogP contribution in [0.3, 0.4) is 0 Å². The summed E-state index contributed by atoms with van der Waals surface area (Å²) in [6, 6.07) is 4.05. The fourth-order valence-corrected chi connectivity index (χ4v) is 3.28. The van der Waals surface area contributed by atoms with Crippen LogP contribution >= 0.6 is 79.4 Å². The predicted molar refractivity (Wildman–Crippen MR) is 79.5 cm³/mol. The lowest BCUT2D eigenvalue weighted by atomic mass is 10.2. The quantitative estimate of drug-likeness (QED) is 0.375. The van der Waals surface area contributed by atoms with Crippen LogP contribution in [0, 0.1) is 10.7 Å². The number of rotatable bonds is 1. The maximum atomic E-state index is 5.83. The molecule has 0 aliphatic carbocycles. The van der Waals surface area contributed by atoms with Crippen LogP contribution in [-0.2, 0) is 0 Å². The Hall–Kier alpha value is 1.44. The summed E-state index contributed by atoms with van der Waals surface area (Å²) in [4.78, 5) is 0. The normalized spacial score (nSPS) is 10.0. The van der Waals surface area contributed by atoms with Crippen molar-refractivity contribution in [1.29, 1.82) is 0 Å². The molecule has 0 bridgehead atoms. The van der Waals surface area contributed by atoms with Crippen molar-refractivity contribution in [2.24, 2.45) is 0 Å². The highest BCUT2D eigenvalue weighted by molar-refractivity contribution is 14.1. The maximum absolute atomic E-state index is 5.83. The van der Waals surface area contributed by atoms with Crippen molar-refractivity contribution in [1.82, 2.24) is 0 Å². The van der Waals surface area contributed by atoms with Crippen LogP contribution in [0.1, 0.15) is 5.56 Å². The summed E-state index contributed by atoms with van der Waals surface area (Å²) in [5, 5.41) is 0.605. The molecule has 0 spiro atoms. The molecular weight excluding hydrogens is 512 g/mol. The Kier molecular flexibility index (Phi) is 4.59. The van der Waals surface area contributed by atoms with Crippen LogP contribution in [0.25, 0.3) is 5.03 Å². The minimum absolute atomic E-state index is 0.605. The molecule has 0 aliphatic rings. The molecule has 0 nitrogen and oxygen atoms in total. The van der Waals surface area contributed by atoms with E-state index in [1.165, 1.54) is 10.7 Å². The van der Waals surface area contributed by atoms with Crippen molar-refractivity contribution in [2.75, 3.05) is 0 Å². The van der Waals surface area contributed by atoms with Gasteiger partial charge >= 0.3 is 0 Å². The van der Waals surface area contributed by atoms with Crippen molar-refractivity contribution < 1.29 is 0 Å². The Morgan fingerprint density at radius 2 is 1.75 bits per heavy atom. The van der Waals surface area contributed by atoms with Gasteiger partial charge in [-0.05, 0) is 73.8 Å². The molecule has 0 unspecified atom stereocenters. The number of benzene rings is 1. The van der Waals surface area contributed by atoms with E-state index in [1.54, 1.807) is 0 Å². The van der Waals surface area contributed by atoms with E-state index in [9.17, 15) is 0 Å². The molecular formula is C8H4ClI3. The predicted octanol–water partition coefficient (Wildman–Crippen LogP) is 4.71. The summed E-state index contributed by atoms with van der Waals surface area (Å²) in [5.74, 6) is 0. The molecule has 0 fully saturated rings. The van der Waals surface area contributed by atoms with Gasteiger partial charge in [0.1, 0.15) is 0 Å². The third kappa shape index (κ3) is 2.48. The summed E-state index contributed by atoms with van der Waals surface area (Å²) < 4.78 is 3.67. The fourth-order valence-electron chi connectivity index (χ4n) is 0.735. The minimum atomic E-state index is 0.605. The summed E-state index contributed by atoms with van der Waals surface area (Å²) >= 11 is 12.7. The van der Waals surface area contributed by atoms with E-state index in [2.05, 4.69) is 74.4 Å². The van der Waals surface area contributed by atoms with Gasteiger partial charge in [0, 0.05) is 21.3 Å². The lowest BCUT2D eigenvalue weighted by molar-refractivity contribution is 1.49. The summed E-state index contributed by atoms with van der Waals surface area (Å²) in [6.07, 6.45) is 0. The van der Waals surface area contributed by atoms with E-state index < -0.39 is 0 Å². The van der Waals surface area contributed by atoms with Crippen LogP contribution in [0.5, 0.6) is 0 Å². The first-order chi connectivity index (χ1) is 5.54. The fraction of sp³-hybridized carbons (Fsp3) is 0. The molecule has 1 rings (SSSR count). The average molecular weight is 516 g/mol. The second-order valence-electron chi connectivity index (χ2n) is 2.13. The van der Waals surface area contributed by atoms with E-state index in [1.807, 2.05) is 12.1 Å². The highest BCUT2D eigenvalue weighted by atomic mass is 127. The standard InChI is InChI=1S/C8H4ClI3/c1-4(9)5-2-3-6(10)8(12)7(5)11/h2-3H,1H2. The van der Waals surface area contributed by atoms with E-state index in [0.29, 0.717) is 5.03 Å². The van der Waals surface area contributed by atoms with Gasteiger partial charge in [-0.1, -0.05) is 24.2 Å². The van der Waals surface area contributed by atoms with Gasteiger partial charge in [0.15, 0.2) is 0 Å². The van der Waals surface area contributed by atoms with Gasteiger partial charge < -0.3 is 0 Å². The Morgan fingerprint density at radius 1 is 1.17 bits per heavy atom. The van der Waals surface area contributed by atoms with Crippen LogP contribution in [0.15, 0.2) is 18.7 Å². The molecule has 0 radical (unpaired) electrons.